The molecule has 2 aromatic heterocycles. The summed E-state index contributed by atoms with van der Waals surface area (Å²) < 4.78 is 0. The van der Waals surface area contributed by atoms with Gasteiger partial charge in [-0.05, 0) is 92.4 Å². The maximum absolute atomic E-state index is 9.70. The fourth-order valence-electron chi connectivity index (χ4n) is 8.09. The Morgan fingerprint density at radius 2 is 0.930 bits per heavy atom. The molecule has 0 unspecified atom stereocenters. The molecular formula is C52H35N5. The number of nitriles is 1. The largest absolute Gasteiger partial charge is 0.256 e. The van der Waals surface area contributed by atoms with Crippen LogP contribution in [-0.2, 0) is 5.41 Å². The molecule has 0 amide bonds. The molecule has 0 spiro atoms. The van der Waals surface area contributed by atoms with Crippen LogP contribution in [0, 0.1) is 11.3 Å². The summed E-state index contributed by atoms with van der Waals surface area (Å²) in [5.41, 5.74) is 14.1. The molecule has 2 heterocycles. The Labute approximate surface area is 331 Å². The van der Waals surface area contributed by atoms with Crippen molar-refractivity contribution in [2.75, 3.05) is 0 Å². The summed E-state index contributed by atoms with van der Waals surface area (Å²) in [6, 6.07) is 60.9. The van der Waals surface area contributed by atoms with Gasteiger partial charge in [-0.1, -0.05) is 141 Å². The molecule has 0 fully saturated rings. The van der Waals surface area contributed by atoms with Crippen molar-refractivity contribution in [2.24, 2.45) is 0 Å². The molecule has 57 heavy (non-hydrogen) atoms. The SMILES string of the molecule is CC1(C)c2cc(C#N)ccc2-c2ccc(-c3cc(-c4cc5ccccc5cn4)cc(-c4nc(-c5ccccc5)nc(-c5ccc(-c6ccccc6)cc5)n4)c3)cc21. The average Bonchev–Trinajstić information content (AvgIpc) is 3.51. The summed E-state index contributed by atoms with van der Waals surface area (Å²) in [4.78, 5) is 20.3. The summed E-state index contributed by atoms with van der Waals surface area (Å²) in [6.45, 7) is 4.49. The van der Waals surface area contributed by atoms with E-state index in [4.69, 9.17) is 19.9 Å². The number of benzene rings is 7. The fraction of sp³-hybridized carbons (Fsp3) is 0.0577. The lowest BCUT2D eigenvalue weighted by Crippen LogP contribution is -2.15. The second-order valence-corrected chi connectivity index (χ2v) is 15.1. The van der Waals surface area contributed by atoms with Gasteiger partial charge in [0.2, 0.25) is 0 Å². The summed E-state index contributed by atoms with van der Waals surface area (Å²) >= 11 is 0. The van der Waals surface area contributed by atoms with Crippen LogP contribution in [0.1, 0.15) is 30.5 Å². The number of rotatable bonds is 6. The standard InChI is InChI=1S/C52H35N5/c1-52(2)46-25-33(31-53)17-23-44(46)45-24-22-39(29-47(45)52)41-26-42(48-30-38-15-9-10-16-40(38)32-54-48)28-43(27-41)51-56-49(36-13-7-4-8-14-36)55-50(57-51)37-20-18-35(19-21-37)34-11-5-3-6-12-34/h3-30,32H,1-2H3. The molecule has 0 saturated carbocycles. The molecule has 1 aliphatic carbocycles. The molecule has 1 aliphatic rings. The van der Waals surface area contributed by atoms with Crippen molar-refractivity contribution >= 4 is 10.8 Å². The van der Waals surface area contributed by atoms with E-state index >= 15 is 0 Å². The first-order valence-corrected chi connectivity index (χ1v) is 19.1. The molecule has 7 aromatic carbocycles. The van der Waals surface area contributed by atoms with E-state index in [1.165, 1.54) is 22.3 Å². The molecule has 0 atom stereocenters. The maximum Gasteiger partial charge on any atom is 0.164 e. The molecule has 0 bridgehead atoms. The van der Waals surface area contributed by atoms with Gasteiger partial charge in [0.05, 0.1) is 17.3 Å². The zero-order chi connectivity index (χ0) is 38.5. The van der Waals surface area contributed by atoms with E-state index in [-0.39, 0.29) is 5.41 Å². The molecule has 0 radical (unpaired) electrons. The highest BCUT2D eigenvalue weighted by Crippen LogP contribution is 2.50. The first-order valence-electron chi connectivity index (χ1n) is 19.1. The van der Waals surface area contributed by atoms with Gasteiger partial charge >= 0.3 is 0 Å². The number of hydrogen-bond donors (Lipinski definition) is 0. The smallest absolute Gasteiger partial charge is 0.164 e. The maximum atomic E-state index is 9.70. The Morgan fingerprint density at radius 3 is 1.63 bits per heavy atom. The van der Waals surface area contributed by atoms with Crippen LogP contribution in [0.5, 0.6) is 0 Å². The van der Waals surface area contributed by atoms with Gasteiger partial charge in [0.1, 0.15) is 0 Å². The number of pyridine rings is 1. The minimum Gasteiger partial charge on any atom is -0.256 e. The Balaban J connectivity index is 1.15. The highest BCUT2D eigenvalue weighted by molar-refractivity contribution is 5.89. The van der Waals surface area contributed by atoms with Crippen molar-refractivity contribution < 1.29 is 0 Å². The van der Waals surface area contributed by atoms with Crippen LogP contribution in [0.15, 0.2) is 176 Å². The lowest BCUT2D eigenvalue weighted by molar-refractivity contribution is 0.660. The summed E-state index contributed by atoms with van der Waals surface area (Å²) in [5.74, 6) is 1.78. The fourth-order valence-corrected chi connectivity index (χ4v) is 8.09. The van der Waals surface area contributed by atoms with Crippen LogP contribution in [0.25, 0.3) is 89.6 Å². The predicted molar refractivity (Wildman–Crippen MR) is 230 cm³/mol. The summed E-state index contributed by atoms with van der Waals surface area (Å²) in [7, 11) is 0. The van der Waals surface area contributed by atoms with Crippen LogP contribution in [0.2, 0.25) is 0 Å². The minimum atomic E-state index is -0.280. The van der Waals surface area contributed by atoms with Crippen molar-refractivity contribution in [3.8, 4) is 84.9 Å². The molecule has 0 aliphatic heterocycles. The molecule has 0 N–H and O–H groups in total. The topological polar surface area (TPSA) is 75.3 Å². The Kier molecular flexibility index (Phi) is 8.13. The van der Waals surface area contributed by atoms with Gasteiger partial charge < -0.3 is 0 Å². The molecule has 0 saturated heterocycles. The minimum absolute atomic E-state index is 0.280. The van der Waals surface area contributed by atoms with E-state index in [0.717, 1.165) is 61.0 Å². The van der Waals surface area contributed by atoms with Crippen molar-refractivity contribution in [2.45, 2.75) is 19.3 Å². The lowest BCUT2D eigenvalue weighted by atomic mass is 9.81. The van der Waals surface area contributed by atoms with Gasteiger partial charge in [-0.25, -0.2) is 15.0 Å². The first-order chi connectivity index (χ1) is 27.9. The van der Waals surface area contributed by atoms with E-state index in [2.05, 4.69) is 135 Å². The first kappa shape index (κ1) is 34.0. The summed E-state index contributed by atoms with van der Waals surface area (Å²) in [6.07, 6.45) is 1.94. The van der Waals surface area contributed by atoms with Gasteiger partial charge in [0, 0.05) is 39.3 Å². The van der Waals surface area contributed by atoms with Gasteiger partial charge in [0.15, 0.2) is 17.5 Å². The number of nitrogens with zero attached hydrogens (tertiary/aromatic N) is 5. The number of fused-ring (bicyclic) bond motifs is 4. The Bertz CT molecular complexity index is 3040. The highest BCUT2D eigenvalue weighted by atomic mass is 15.0. The van der Waals surface area contributed by atoms with Crippen molar-refractivity contribution in [3.05, 3.63) is 193 Å². The zero-order valence-corrected chi connectivity index (χ0v) is 31.5. The summed E-state index contributed by atoms with van der Waals surface area (Å²) in [5, 5.41) is 11.9. The molecule has 5 nitrogen and oxygen atoms in total. The van der Waals surface area contributed by atoms with E-state index < -0.39 is 0 Å². The molecule has 5 heteroatoms. The second kappa shape index (κ2) is 13.6. The molecule has 268 valence electrons. The third-order valence-corrected chi connectivity index (χ3v) is 11.2. The van der Waals surface area contributed by atoms with E-state index in [1.54, 1.807) is 0 Å². The van der Waals surface area contributed by atoms with Crippen LogP contribution in [0.4, 0.5) is 0 Å². The highest BCUT2D eigenvalue weighted by Gasteiger charge is 2.36. The van der Waals surface area contributed by atoms with Crippen LogP contribution >= 0.6 is 0 Å². The van der Waals surface area contributed by atoms with Crippen molar-refractivity contribution in [1.29, 1.82) is 5.26 Å². The average molecular weight is 730 g/mol. The third kappa shape index (κ3) is 6.14. The number of hydrogen-bond acceptors (Lipinski definition) is 5. The Hall–Kier alpha value is -7.55. The van der Waals surface area contributed by atoms with Crippen LogP contribution in [-0.4, -0.2) is 19.9 Å². The predicted octanol–water partition coefficient (Wildman–Crippen LogP) is 12.6. The molecule has 10 rings (SSSR count). The monoisotopic (exact) mass is 729 g/mol. The Morgan fingerprint density at radius 1 is 0.421 bits per heavy atom. The van der Waals surface area contributed by atoms with E-state index in [0.29, 0.717) is 23.0 Å². The second-order valence-electron chi connectivity index (χ2n) is 15.1. The van der Waals surface area contributed by atoms with Gasteiger partial charge in [-0.2, -0.15) is 5.26 Å². The van der Waals surface area contributed by atoms with E-state index in [1.807, 2.05) is 60.8 Å². The van der Waals surface area contributed by atoms with Crippen molar-refractivity contribution in [3.63, 3.8) is 0 Å². The van der Waals surface area contributed by atoms with Gasteiger partial charge in [-0.3, -0.25) is 4.98 Å². The molecule has 9 aromatic rings. The van der Waals surface area contributed by atoms with Gasteiger partial charge in [-0.15, -0.1) is 0 Å². The quantitative estimate of drug-likeness (QED) is 0.170. The third-order valence-electron chi connectivity index (χ3n) is 11.2. The zero-order valence-electron chi connectivity index (χ0n) is 31.5. The van der Waals surface area contributed by atoms with Crippen molar-refractivity contribution in [1.82, 2.24) is 19.9 Å². The number of aromatic nitrogens is 4. The molecular weight excluding hydrogens is 695 g/mol. The van der Waals surface area contributed by atoms with E-state index in [9.17, 15) is 5.26 Å². The normalized spacial score (nSPS) is 12.5. The van der Waals surface area contributed by atoms with Gasteiger partial charge in [0.25, 0.3) is 0 Å². The lowest BCUT2D eigenvalue weighted by Gasteiger charge is -2.22. The van der Waals surface area contributed by atoms with Crippen LogP contribution in [0.3, 0.4) is 0 Å². The van der Waals surface area contributed by atoms with Crippen LogP contribution < -0.4 is 0 Å².